The van der Waals surface area contributed by atoms with Gasteiger partial charge in [0, 0.05) is 0 Å². The molecular formula is C7H14O5. The van der Waals surface area contributed by atoms with E-state index in [1.165, 1.54) is 13.8 Å². The summed E-state index contributed by atoms with van der Waals surface area (Å²) < 4.78 is 0. The minimum atomic E-state index is -3.11. The van der Waals surface area contributed by atoms with Gasteiger partial charge in [0.25, 0.3) is 5.79 Å². The van der Waals surface area contributed by atoms with Crippen LogP contribution in [0.5, 0.6) is 0 Å². The highest BCUT2D eigenvalue weighted by Gasteiger charge is 2.53. The molecule has 0 fully saturated rings. The monoisotopic (exact) mass is 178 g/mol. The number of rotatable bonds is 3. The molecule has 0 aliphatic heterocycles. The summed E-state index contributed by atoms with van der Waals surface area (Å²) in [6.45, 7) is 4.04. The van der Waals surface area contributed by atoms with Crippen molar-refractivity contribution in [1.82, 2.24) is 0 Å². The van der Waals surface area contributed by atoms with E-state index in [-0.39, 0.29) is 0 Å². The Kier molecular flexibility index (Phi) is 2.84. The zero-order valence-corrected chi connectivity index (χ0v) is 7.27. The molecule has 1 atom stereocenters. The summed E-state index contributed by atoms with van der Waals surface area (Å²) in [5, 5.41) is 35.8. The van der Waals surface area contributed by atoms with E-state index in [0.29, 0.717) is 0 Å². The van der Waals surface area contributed by atoms with Gasteiger partial charge in [-0.05, 0) is 12.8 Å². The number of carboxylic acid groups (broad SMARTS) is 1. The molecule has 0 radical (unpaired) electrons. The first kappa shape index (κ1) is 11.4. The Bertz CT molecular complexity index is 182. The van der Waals surface area contributed by atoms with Crippen molar-refractivity contribution in [3.63, 3.8) is 0 Å². The van der Waals surface area contributed by atoms with Gasteiger partial charge in [-0.25, -0.2) is 4.79 Å². The Labute approximate surface area is 70.3 Å². The Hall–Kier alpha value is -0.650. The molecule has 0 saturated carbocycles. The number of carboxylic acids is 1. The smallest absolute Gasteiger partial charge is 0.367 e. The molecule has 0 aliphatic carbocycles. The summed E-state index contributed by atoms with van der Waals surface area (Å²) in [5.74, 6) is -5.55. The van der Waals surface area contributed by atoms with Gasteiger partial charge in [0.2, 0.25) is 0 Å². The third-order valence-corrected chi connectivity index (χ3v) is 2.13. The maximum Gasteiger partial charge on any atom is 0.367 e. The molecule has 0 aromatic heterocycles. The summed E-state index contributed by atoms with van der Waals surface area (Å²) >= 11 is 0. The van der Waals surface area contributed by atoms with Crippen molar-refractivity contribution in [1.29, 1.82) is 0 Å². The van der Waals surface area contributed by atoms with Crippen molar-refractivity contribution in [3.05, 3.63) is 0 Å². The van der Waals surface area contributed by atoms with Gasteiger partial charge >= 0.3 is 5.97 Å². The molecule has 0 amide bonds. The molecule has 4 N–H and O–H groups in total. The zero-order chi connectivity index (χ0) is 10.2. The summed E-state index contributed by atoms with van der Waals surface area (Å²) in [6.07, 6.45) is 0. The van der Waals surface area contributed by atoms with Gasteiger partial charge in [0.15, 0.2) is 0 Å². The number of carbonyl (C=O) groups is 1. The Balaban J connectivity index is 4.88. The van der Waals surface area contributed by atoms with E-state index in [0.717, 1.165) is 6.92 Å². The zero-order valence-electron chi connectivity index (χ0n) is 7.27. The fraction of sp³-hybridized carbons (Fsp3) is 0.857. The molecule has 0 saturated heterocycles. The van der Waals surface area contributed by atoms with Gasteiger partial charge in [0.05, 0.1) is 0 Å². The van der Waals surface area contributed by atoms with Crippen LogP contribution in [-0.2, 0) is 4.79 Å². The Morgan fingerprint density at radius 1 is 1.25 bits per heavy atom. The highest BCUT2D eigenvalue weighted by molar-refractivity contribution is 5.76. The Morgan fingerprint density at radius 2 is 1.58 bits per heavy atom. The third kappa shape index (κ3) is 1.57. The molecule has 0 aromatic carbocycles. The van der Waals surface area contributed by atoms with Crippen LogP contribution < -0.4 is 0 Å². The number of hydrogen-bond acceptors (Lipinski definition) is 4. The van der Waals surface area contributed by atoms with Crippen LogP contribution in [0.2, 0.25) is 0 Å². The second kappa shape index (κ2) is 3.01. The van der Waals surface area contributed by atoms with Crippen molar-refractivity contribution in [2.45, 2.75) is 32.2 Å². The average Bonchev–Trinajstić information content (AvgIpc) is 1.86. The maximum atomic E-state index is 10.3. The van der Waals surface area contributed by atoms with Crippen molar-refractivity contribution >= 4 is 5.97 Å². The second-order valence-electron chi connectivity index (χ2n) is 3.28. The van der Waals surface area contributed by atoms with E-state index in [2.05, 4.69) is 0 Å². The SMILES string of the molecule is CC(C)C(C)(O)C(O)(O)C(=O)O. The molecule has 5 heteroatoms. The average molecular weight is 178 g/mol. The molecule has 0 aliphatic rings. The van der Waals surface area contributed by atoms with E-state index >= 15 is 0 Å². The van der Waals surface area contributed by atoms with Crippen LogP contribution in [0.15, 0.2) is 0 Å². The Morgan fingerprint density at radius 3 is 1.67 bits per heavy atom. The summed E-state index contributed by atoms with van der Waals surface area (Å²) in [5.41, 5.74) is -2.07. The topological polar surface area (TPSA) is 98.0 Å². The van der Waals surface area contributed by atoms with Crippen LogP contribution in [0.3, 0.4) is 0 Å². The molecule has 0 aromatic rings. The maximum absolute atomic E-state index is 10.3. The van der Waals surface area contributed by atoms with Gasteiger partial charge < -0.3 is 20.4 Å². The molecule has 1 unspecified atom stereocenters. The van der Waals surface area contributed by atoms with Crippen LogP contribution in [0.25, 0.3) is 0 Å². The fourth-order valence-corrected chi connectivity index (χ4v) is 0.619. The lowest BCUT2D eigenvalue weighted by Gasteiger charge is -2.36. The lowest BCUT2D eigenvalue weighted by molar-refractivity contribution is -0.277. The highest BCUT2D eigenvalue weighted by atomic mass is 16.6. The van der Waals surface area contributed by atoms with E-state index in [1.807, 2.05) is 0 Å². The molecule has 0 rings (SSSR count). The number of aliphatic hydroxyl groups is 3. The minimum Gasteiger partial charge on any atom is -0.477 e. The molecule has 0 heterocycles. The molecule has 5 nitrogen and oxygen atoms in total. The van der Waals surface area contributed by atoms with Crippen molar-refractivity contribution in [3.8, 4) is 0 Å². The van der Waals surface area contributed by atoms with Crippen LogP contribution in [0.4, 0.5) is 0 Å². The molecule has 12 heavy (non-hydrogen) atoms. The van der Waals surface area contributed by atoms with Crippen molar-refractivity contribution in [2.75, 3.05) is 0 Å². The molecule has 0 bridgehead atoms. The summed E-state index contributed by atoms with van der Waals surface area (Å²) in [7, 11) is 0. The fourth-order valence-electron chi connectivity index (χ4n) is 0.619. The number of hydrogen-bond donors (Lipinski definition) is 4. The standard InChI is InChI=1S/C7H14O5/c1-4(2)6(3,10)7(11,12)5(8)9/h4,10-12H,1-3H3,(H,8,9). The van der Waals surface area contributed by atoms with Gasteiger partial charge in [0.1, 0.15) is 5.60 Å². The predicted octanol–water partition coefficient (Wildman–Crippen LogP) is -0.841. The molecular weight excluding hydrogens is 164 g/mol. The van der Waals surface area contributed by atoms with Crippen molar-refractivity contribution < 1.29 is 25.2 Å². The number of aliphatic carboxylic acids is 1. The van der Waals surface area contributed by atoms with Crippen LogP contribution in [-0.4, -0.2) is 37.8 Å². The summed E-state index contributed by atoms with van der Waals surface area (Å²) in [6, 6.07) is 0. The van der Waals surface area contributed by atoms with Crippen LogP contribution in [0, 0.1) is 5.92 Å². The predicted molar refractivity (Wildman–Crippen MR) is 40.3 cm³/mol. The first-order valence-electron chi connectivity index (χ1n) is 3.54. The highest BCUT2D eigenvalue weighted by Crippen LogP contribution is 2.27. The van der Waals surface area contributed by atoms with Crippen LogP contribution >= 0.6 is 0 Å². The second-order valence-corrected chi connectivity index (χ2v) is 3.28. The van der Waals surface area contributed by atoms with Crippen molar-refractivity contribution in [2.24, 2.45) is 5.92 Å². The lowest BCUT2D eigenvalue weighted by Crippen LogP contribution is -2.60. The van der Waals surface area contributed by atoms with Gasteiger partial charge in [-0.1, -0.05) is 13.8 Å². The van der Waals surface area contributed by atoms with E-state index < -0.39 is 23.3 Å². The van der Waals surface area contributed by atoms with Gasteiger partial charge in [-0.3, -0.25) is 0 Å². The van der Waals surface area contributed by atoms with Gasteiger partial charge in [-0.15, -0.1) is 0 Å². The van der Waals surface area contributed by atoms with E-state index in [1.54, 1.807) is 0 Å². The van der Waals surface area contributed by atoms with E-state index in [9.17, 15) is 9.90 Å². The van der Waals surface area contributed by atoms with Gasteiger partial charge in [-0.2, -0.15) is 0 Å². The minimum absolute atomic E-state index is 0.580. The first-order chi connectivity index (χ1) is 5.14. The lowest BCUT2D eigenvalue weighted by atomic mass is 9.84. The van der Waals surface area contributed by atoms with E-state index in [4.69, 9.17) is 15.3 Å². The molecule has 0 spiro atoms. The quantitative estimate of drug-likeness (QED) is 0.422. The molecule has 72 valence electrons. The first-order valence-corrected chi connectivity index (χ1v) is 3.54. The third-order valence-electron chi connectivity index (χ3n) is 2.13. The normalized spacial score (nSPS) is 17.6. The largest absolute Gasteiger partial charge is 0.477 e. The van der Waals surface area contributed by atoms with Crippen LogP contribution in [0.1, 0.15) is 20.8 Å². The summed E-state index contributed by atoms with van der Waals surface area (Å²) in [4.78, 5) is 10.3.